The molecule has 1 heterocycles. The summed E-state index contributed by atoms with van der Waals surface area (Å²) in [7, 11) is 1.69. The maximum Gasteiger partial charge on any atom is 0.262 e. The van der Waals surface area contributed by atoms with Gasteiger partial charge in [0.1, 0.15) is 0 Å². The van der Waals surface area contributed by atoms with Crippen molar-refractivity contribution in [2.75, 3.05) is 13.7 Å². The number of nitrogens with one attached hydrogen (secondary N) is 1. The highest BCUT2D eigenvalue weighted by Crippen LogP contribution is 2.22. The Morgan fingerprint density at radius 1 is 1.35 bits per heavy atom. The molecule has 2 aromatic rings. The van der Waals surface area contributed by atoms with E-state index in [0.717, 1.165) is 11.9 Å². The molecule has 0 aliphatic rings. The smallest absolute Gasteiger partial charge is 0.262 e. The number of nitrogens with zero attached hydrogens (tertiary/aromatic N) is 1. The van der Waals surface area contributed by atoms with E-state index in [1.165, 1.54) is 0 Å². The average molecular weight is 292 g/mol. The van der Waals surface area contributed by atoms with E-state index in [-0.39, 0.29) is 11.0 Å². The van der Waals surface area contributed by atoms with Gasteiger partial charge in [-0.2, -0.15) is 0 Å². The molecule has 0 aliphatic heterocycles. The van der Waals surface area contributed by atoms with Crippen molar-refractivity contribution >= 4 is 23.1 Å². The number of H-pyrrole nitrogens is 1. The van der Waals surface area contributed by atoms with Crippen LogP contribution in [0, 0.1) is 10.2 Å². The molecule has 2 rings (SSSR count). The number of benzene rings is 1. The van der Waals surface area contributed by atoms with Crippen molar-refractivity contribution in [2.45, 2.75) is 26.8 Å². The van der Waals surface area contributed by atoms with Gasteiger partial charge in [0.15, 0.2) is 4.77 Å². The van der Waals surface area contributed by atoms with Crippen LogP contribution in [-0.4, -0.2) is 23.3 Å². The van der Waals surface area contributed by atoms with E-state index in [9.17, 15) is 4.79 Å². The van der Waals surface area contributed by atoms with Gasteiger partial charge in [0, 0.05) is 20.3 Å². The standard InChI is InChI=1S/C15H20N2O2S/c1-15(2,8-9-19-3)10-17-13(18)11-6-4-5-7-12(11)16-14(17)20/h4-7H,8-10H2,1-3H3,(H,16,20). The van der Waals surface area contributed by atoms with E-state index in [1.807, 2.05) is 24.3 Å². The zero-order valence-corrected chi connectivity index (χ0v) is 12.9. The quantitative estimate of drug-likeness (QED) is 0.861. The summed E-state index contributed by atoms with van der Waals surface area (Å²) in [6, 6.07) is 7.44. The Hall–Kier alpha value is -1.46. The van der Waals surface area contributed by atoms with Crippen LogP contribution in [0.2, 0.25) is 0 Å². The zero-order chi connectivity index (χ0) is 14.8. The lowest BCUT2D eigenvalue weighted by Crippen LogP contribution is -2.30. The van der Waals surface area contributed by atoms with Gasteiger partial charge in [-0.05, 0) is 36.2 Å². The fraction of sp³-hybridized carbons (Fsp3) is 0.467. The minimum Gasteiger partial charge on any atom is -0.385 e. The minimum atomic E-state index is -0.0519. The minimum absolute atomic E-state index is 0.0326. The van der Waals surface area contributed by atoms with Crippen LogP contribution < -0.4 is 5.56 Å². The van der Waals surface area contributed by atoms with E-state index in [4.69, 9.17) is 17.0 Å². The molecule has 108 valence electrons. The molecule has 1 N–H and O–H groups in total. The summed E-state index contributed by atoms with van der Waals surface area (Å²) in [4.78, 5) is 15.7. The van der Waals surface area contributed by atoms with E-state index < -0.39 is 0 Å². The first kappa shape index (κ1) is 14.9. The molecule has 0 aliphatic carbocycles. The Morgan fingerprint density at radius 3 is 2.75 bits per heavy atom. The lowest BCUT2D eigenvalue weighted by molar-refractivity contribution is 0.141. The second-order valence-corrected chi connectivity index (χ2v) is 6.16. The number of hydrogen-bond donors (Lipinski definition) is 1. The summed E-state index contributed by atoms with van der Waals surface area (Å²) in [6.07, 6.45) is 0.873. The van der Waals surface area contributed by atoms with E-state index in [0.29, 0.717) is 23.3 Å². The lowest BCUT2D eigenvalue weighted by Gasteiger charge is -2.25. The molecule has 0 bridgehead atoms. The van der Waals surface area contributed by atoms with Crippen LogP contribution in [0.5, 0.6) is 0 Å². The summed E-state index contributed by atoms with van der Waals surface area (Å²) >= 11 is 5.32. The summed E-state index contributed by atoms with van der Waals surface area (Å²) < 4.78 is 7.24. The maximum atomic E-state index is 12.5. The van der Waals surface area contributed by atoms with Crippen molar-refractivity contribution < 1.29 is 4.74 Å². The Labute approximate surface area is 123 Å². The van der Waals surface area contributed by atoms with Crippen molar-refractivity contribution in [3.63, 3.8) is 0 Å². The molecule has 0 amide bonds. The third-order valence-electron chi connectivity index (χ3n) is 3.46. The monoisotopic (exact) mass is 292 g/mol. The Kier molecular flexibility index (Phi) is 4.40. The molecule has 5 heteroatoms. The molecule has 0 radical (unpaired) electrons. The second-order valence-electron chi connectivity index (χ2n) is 5.77. The maximum absolute atomic E-state index is 12.5. The van der Waals surface area contributed by atoms with E-state index >= 15 is 0 Å². The molecule has 0 fully saturated rings. The molecule has 0 saturated heterocycles. The Balaban J connectivity index is 2.45. The van der Waals surface area contributed by atoms with Gasteiger partial charge in [-0.15, -0.1) is 0 Å². The van der Waals surface area contributed by atoms with Crippen LogP contribution in [0.4, 0.5) is 0 Å². The van der Waals surface area contributed by atoms with Gasteiger partial charge in [0.2, 0.25) is 0 Å². The van der Waals surface area contributed by atoms with Crippen molar-refractivity contribution in [2.24, 2.45) is 5.41 Å². The van der Waals surface area contributed by atoms with Crippen LogP contribution in [0.3, 0.4) is 0 Å². The van der Waals surface area contributed by atoms with Gasteiger partial charge in [-0.1, -0.05) is 26.0 Å². The summed E-state index contributed by atoms with van der Waals surface area (Å²) in [6.45, 7) is 5.48. The number of fused-ring (bicyclic) bond motifs is 1. The molecule has 0 atom stereocenters. The highest BCUT2D eigenvalue weighted by atomic mass is 32.1. The molecule has 20 heavy (non-hydrogen) atoms. The first-order valence-corrected chi connectivity index (χ1v) is 7.06. The van der Waals surface area contributed by atoms with Gasteiger partial charge in [-0.3, -0.25) is 9.36 Å². The molecular formula is C15H20N2O2S. The number of hydrogen-bond acceptors (Lipinski definition) is 3. The lowest BCUT2D eigenvalue weighted by atomic mass is 9.89. The number of aromatic amines is 1. The van der Waals surface area contributed by atoms with Gasteiger partial charge in [0.05, 0.1) is 10.9 Å². The first-order valence-electron chi connectivity index (χ1n) is 6.65. The predicted octanol–water partition coefficient (Wildman–Crippen LogP) is 3.12. The number of para-hydroxylation sites is 1. The third kappa shape index (κ3) is 3.16. The predicted molar refractivity (Wildman–Crippen MR) is 83.7 cm³/mol. The number of aromatic nitrogens is 2. The SMILES string of the molecule is COCCC(C)(C)Cn1c(=S)[nH]c2ccccc2c1=O. The summed E-state index contributed by atoms with van der Waals surface area (Å²) in [5.41, 5.74) is 0.701. The van der Waals surface area contributed by atoms with Crippen LogP contribution in [0.1, 0.15) is 20.3 Å². The Bertz CT molecular complexity index is 716. The molecular weight excluding hydrogens is 272 g/mol. The molecule has 0 saturated carbocycles. The van der Waals surface area contributed by atoms with Crippen molar-refractivity contribution in [3.8, 4) is 0 Å². The van der Waals surface area contributed by atoms with Gasteiger partial charge < -0.3 is 9.72 Å². The van der Waals surface area contributed by atoms with Crippen LogP contribution >= 0.6 is 12.2 Å². The summed E-state index contributed by atoms with van der Waals surface area (Å²) in [5.74, 6) is 0. The fourth-order valence-electron chi connectivity index (χ4n) is 2.23. The number of rotatable bonds is 5. The zero-order valence-electron chi connectivity index (χ0n) is 12.1. The van der Waals surface area contributed by atoms with E-state index in [2.05, 4.69) is 18.8 Å². The fourth-order valence-corrected chi connectivity index (χ4v) is 2.49. The average Bonchev–Trinajstić information content (AvgIpc) is 2.41. The Morgan fingerprint density at radius 2 is 2.05 bits per heavy atom. The normalized spacial score (nSPS) is 11.9. The van der Waals surface area contributed by atoms with Gasteiger partial charge in [-0.25, -0.2) is 0 Å². The van der Waals surface area contributed by atoms with Crippen molar-refractivity contribution in [3.05, 3.63) is 39.4 Å². The first-order chi connectivity index (χ1) is 9.44. The molecule has 4 nitrogen and oxygen atoms in total. The van der Waals surface area contributed by atoms with Crippen LogP contribution in [-0.2, 0) is 11.3 Å². The van der Waals surface area contributed by atoms with Crippen LogP contribution in [0.15, 0.2) is 29.1 Å². The second kappa shape index (κ2) is 5.89. The van der Waals surface area contributed by atoms with Crippen LogP contribution in [0.25, 0.3) is 10.9 Å². The third-order valence-corrected chi connectivity index (χ3v) is 3.78. The molecule has 1 aromatic carbocycles. The summed E-state index contributed by atoms with van der Waals surface area (Å²) in [5, 5.41) is 0.670. The number of ether oxygens (including phenoxy) is 1. The molecule has 0 spiro atoms. The van der Waals surface area contributed by atoms with Crippen molar-refractivity contribution in [1.82, 2.24) is 9.55 Å². The van der Waals surface area contributed by atoms with Gasteiger partial charge in [0.25, 0.3) is 5.56 Å². The highest BCUT2D eigenvalue weighted by molar-refractivity contribution is 7.71. The molecule has 0 unspecified atom stereocenters. The molecule has 1 aromatic heterocycles. The van der Waals surface area contributed by atoms with Crippen molar-refractivity contribution in [1.29, 1.82) is 0 Å². The largest absolute Gasteiger partial charge is 0.385 e. The van der Waals surface area contributed by atoms with Gasteiger partial charge >= 0.3 is 0 Å². The highest BCUT2D eigenvalue weighted by Gasteiger charge is 2.20. The topological polar surface area (TPSA) is 47.0 Å². The number of methoxy groups -OCH3 is 1. The van der Waals surface area contributed by atoms with E-state index in [1.54, 1.807) is 11.7 Å².